The zero-order valence-electron chi connectivity index (χ0n) is 25.0. The van der Waals surface area contributed by atoms with Gasteiger partial charge in [0, 0.05) is 13.8 Å². The largest absolute Gasteiger partial charge is 0.311 e. The summed E-state index contributed by atoms with van der Waals surface area (Å²) in [6.07, 6.45) is 17.2. The molecular formula is C35H43N3S3Si. The van der Waals surface area contributed by atoms with E-state index in [4.69, 9.17) is 24.4 Å². The molecule has 1 heterocycles. The molecule has 3 nitrogen and oxygen atoms in total. The molecular weight excluding hydrogens is 587 g/mol. The van der Waals surface area contributed by atoms with Crippen LogP contribution in [0, 0.1) is 33.2 Å². The monoisotopic (exact) mass is 629 g/mol. The molecule has 2 aromatic carbocycles. The highest BCUT2D eigenvalue weighted by Gasteiger charge is 2.40. The molecule has 0 bridgehead atoms. The molecule has 2 fully saturated rings. The van der Waals surface area contributed by atoms with Crippen LogP contribution in [0.15, 0.2) is 90.6 Å². The molecule has 3 aromatic rings. The topological polar surface area (TPSA) is 44.5 Å². The van der Waals surface area contributed by atoms with Gasteiger partial charge in [-0.3, -0.25) is 0 Å². The minimum absolute atomic E-state index is 0.418. The molecule has 2 aliphatic rings. The lowest BCUT2D eigenvalue weighted by Gasteiger charge is -2.29. The second-order valence-corrected chi connectivity index (χ2v) is 20.3. The van der Waals surface area contributed by atoms with Gasteiger partial charge in [0.2, 0.25) is 4.77 Å². The van der Waals surface area contributed by atoms with Crippen molar-refractivity contribution < 1.29 is 0 Å². The van der Waals surface area contributed by atoms with Crippen molar-refractivity contribution in [3.63, 3.8) is 0 Å². The van der Waals surface area contributed by atoms with E-state index in [1.165, 1.54) is 42.4 Å². The molecule has 42 heavy (non-hydrogen) atoms. The molecule has 220 valence electrons. The summed E-state index contributed by atoms with van der Waals surface area (Å²) in [5.41, 5.74) is 4.85. The van der Waals surface area contributed by atoms with Gasteiger partial charge in [-0.05, 0) is 102 Å². The van der Waals surface area contributed by atoms with Crippen molar-refractivity contribution in [2.45, 2.75) is 67.7 Å². The second-order valence-electron chi connectivity index (χ2n) is 13.1. The zero-order valence-corrected chi connectivity index (χ0v) is 28.4. The van der Waals surface area contributed by atoms with Crippen LogP contribution in [0.2, 0.25) is 25.2 Å². The number of benzene rings is 2. The lowest BCUT2D eigenvalue weighted by molar-refractivity contribution is 0.575. The first-order valence-corrected chi connectivity index (χ1v) is 20.5. The lowest BCUT2D eigenvalue weighted by atomic mass is 9.87. The molecule has 0 amide bonds. The number of thioether (sulfide) groups is 1. The molecule has 2 N–H and O–H groups in total. The van der Waals surface area contributed by atoms with Gasteiger partial charge in [0.1, 0.15) is 0 Å². The smallest absolute Gasteiger partial charge is 0.201 e. The summed E-state index contributed by atoms with van der Waals surface area (Å²) >= 11 is 12.0. The van der Waals surface area contributed by atoms with Crippen molar-refractivity contribution in [1.29, 1.82) is 0 Å². The second kappa shape index (κ2) is 14.0. The van der Waals surface area contributed by atoms with Gasteiger partial charge in [-0.15, -0.1) is 6.58 Å². The predicted molar refractivity (Wildman–Crippen MR) is 188 cm³/mol. The summed E-state index contributed by atoms with van der Waals surface area (Å²) in [5.74, 6) is 3.85. The molecule has 6 atom stereocenters. The fraction of sp³-hybridized carbons (Fsp3) is 0.400. The van der Waals surface area contributed by atoms with Crippen molar-refractivity contribution >= 4 is 50.3 Å². The average molecular weight is 630 g/mol. The lowest BCUT2D eigenvalue weighted by Crippen LogP contribution is -2.30. The van der Waals surface area contributed by atoms with Gasteiger partial charge in [-0.25, -0.2) is 0 Å². The highest BCUT2D eigenvalue weighted by molar-refractivity contribution is 7.98. The van der Waals surface area contributed by atoms with Crippen LogP contribution in [-0.2, 0) is 5.75 Å². The van der Waals surface area contributed by atoms with Crippen LogP contribution >= 0.6 is 36.2 Å². The maximum atomic E-state index is 5.20. The van der Waals surface area contributed by atoms with E-state index >= 15 is 0 Å². The van der Waals surface area contributed by atoms with Gasteiger partial charge in [0.15, 0.2) is 9.93 Å². The van der Waals surface area contributed by atoms with E-state index in [0.29, 0.717) is 39.1 Å². The number of aromatic nitrogens is 3. The Morgan fingerprint density at radius 2 is 1.62 bits per heavy atom. The third-order valence-electron chi connectivity index (χ3n) is 9.14. The number of nitrogens with one attached hydrogen (secondary N) is 2. The van der Waals surface area contributed by atoms with Crippen LogP contribution in [0.3, 0.4) is 0 Å². The summed E-state index contributed by atoms with van der Waals surface area (Å²) in [7, 11) is -1.27. The molecule has 2 aliphatic carbocycles. The molecule has 0 saturated heterocycles. The Hall–Kier alpha value is -2.32. The Kier molecular flexibility index (Phi) is 10.4. The molecule has 1 aromatic heterocycles. The Labute approximate surface area is 267 Å². The first-order valence-electron chi connectivity index (χ1n) is 15.1. The highest BCUT2D eigenvalue weighted by Crippen LogP contribution is 2.49. The predicted octanol–water partition coefficient (Wildman–Crippen LogP) is 10.8. The molecule has 2 saturated carbocycles. The fourth-order valence-corrected chi connectivity index (χ4v) is 10.9. The molecule has 0 aliphatic heterocycles. The van der Waals surface area contributed by atoms with Crippen molar-refractivity contribution in [3.8, 4) is 0 Å². The van der Waals surface area contributed by atoms with E-state index in [1.54, 1.807) is 11.8 Å². The molecule has 7 heteroatoms. The number of allylic oxidation sites excluding steroid dienone is 4. The summed E-state index contributed by atoms with van der Waals surface area (Å²) in [6.45, 7) is 11.8. The number of hydrogen-bond donors (Lipinski definition) is 2. The number of nitrogens with zero attached hydrogens (tertiary/aromatic N) is 1. The van der Waals surface area contributed by atoms with Gasteiger partial charge in [0.05, 0.1) is 0 Å². The minimum atomic E-state index is -1.27. The maximum Gasteiger partial charge on any atom is 0.201 e. The van der Waals surface area contributed by atoms with Crippen LogP contribution in [0.4, 0.5) is 0 Å². The van der Waals surface area contributed by atoms with Gasteiger partial charge < -0.3 is 9.97 Å². The Balaban J connectivity index is 1.25. The van der Waals surface area contributed by atoms with Gasteiger partial charge in [0.25, 0.3) is 0 Å². The van der Waals surface area contributed by atoms with Crippen LogP contribution < -0.4 is 0 Å². The highest BCUT2D eigenvalue weighted by atomic mass is 32.2. The minimum Gasteiger partial charge on any atom is -0.311 e. The van der Waals surface area contributed by atoms with Crippen molar-refractivity contribution in [3.05, 3.63) is 112 Å². The molecule has 5 rings (SSSR count). The number of H-pyrrole nitrogens is 2. The van der Waals surface area contributed by atoms with E-state index in [1.807, 2.05) is 0 Å². The van der Waals surface area contributed by atoms with E-state index in [9.17, 15) is 0 Å². The normalized spacial score (nSPS) is 26.4. The standard InChI is InChI=1S/C35H43N3S3Si/c1-5-24-19-29(17-14-27-20-30(32(22-27)42(2,3)4)18-11-25-9-7-6-8-10-25)31(21-24)28-15-12-26(13-16-28)23-41-35-37-33(39)36-34(40)38-35/h5-18,24,27,29-32H,1,19-23H2,2-4H3,(H2,36,37,38,39,40)/b17-14+,18-11+/t24-,27?,29?,30?,31?,32?/m1/s1. The van der Waals surface area contributed by atoms with E-state index in [2.05, 4.69) is 126 Å². The SMILES string of the molecule is C=C[C@@H]1CC(/C=C/C2CC(/C=C/c3ccccc3)C([Si](C)(C)C)C2)C(c2ccc(CSc3nc(=S)[nH]c(=S)[nH]3)cc2)C1. The maximum absolute atomic E-state index is 5.20. The first kappa shape index (κ1) is 31.1. The van der Waals surface area contributed by atoms with E-state index in [-0.39, 0.29) is 0 Å². The van der Waals surface area contributed by atoms with E-state index in [0.717, 1.165) is 16.5 Å². The Morgan fingerprint density at radius 1 is 0.881 bits per heavy atom. The van der Waals surface area contributed by atoms with Crippen molar-refractivity contribution in [1.82, 2.24) is 15.0 Å². The zero-order chi connectivity index (χ0) is 29.7. The molecule has 0 spiro atoms. The van der Waals surface area contributed by atoms with Crippen LogP contribution in [-0.4, -0.2) is 23.0 Å². The van der Waals surface area contributed by atoms with Gasteiger partial charge in [-0.1, -0.05) is 116 Å². The summed E-state index contributed by atoms with van der Waals surface area (Å²) in [5, 5.41) is 0.753. The summed E-state index contributed by atoms with van der Waals surface area (Å²) in [6, 6.07) is 20.0. The van der Waals surface area contributed by atoms with Crippen LogP contribution in [0.1, 0.15) is 48.3 Å². The van der Waals surface area contributed by atoms with Crippen LogP contribution in [0.25, 0.3) is 6.08 Å². The average Bonchev–Trinajstić information content (AvgIpc) is 3.58. The first-order chi connectivity index (χ1) is 20.2. The van der Waals surface area contributed by atoms with Crippen molar-refractivity contribution in [2.75, 3.05) is 0 Å². The Morgan fingerprint density at radius 3 is 2.31 bits per heavy atom. The Bertz CT molecular complexity index is 1490. The summed E-state index contributed by atoms with van der Waals surface area (Å²) in [4.78, 5) is 10.3. The van der Waals surface area contributed by atoms with E-state index < -0.39 is 8.07 Å². The van der Waals surface area contributed by atoms with Crippen LogP contribution in [0.5, 0.6) is 0 Å². The third-order valence-corrected chi connectivity index (χ3v) is 13.4. The fourth-order valence-electron chi connectivity index (χ4n) is 6.93. The van der Waals surface area contributed by atoms with Crippen molar-refractivity contribution in [2.24, 2.45) is 23.7 Å². The third kappa shape index (κ3) is 8.19. The number of hydrogen-bond acceptors (Lipinski definition) is 4. The van der Waals surface area contributed by atoms with Gasteiger partial charge >= 0.3 is 0 Å². The quantitative estimate of drug-likeness (QED) is 0.101. The molecule has 5 unspecified atom stereocenters. The number of aromatic amines is 2. The van der Waals surface area contributed by atoms with Gasteiger partial charge in [-0.2, -0.15) is 4.98 Å². The summed E-state index contributed by atoms with van der Waals surface area (Å²) < 4.78 is 0.930. The molecule has 0 radical (unpaired) electrons. The number of rotatable bonds is 10.